The van der Waals surface area contributed by atoms with Crippen LogP contribution in [0.2, 0.25) is 0 Å². The van der Waals surface area contributed by atoms with Crippen molar-refractivity contribution in [2.24, 2.45) is 0 Å². The lowest BCUT2D eigenvalue weighted by molar-refractivity contribution is 0.0686. The number of amides is 2. The van der Waals surface area contributed by atoms with E-state index < -0.39 is 0 Å². The van der Waals surface area contributed by atoms with Gasteiger partial charge in [0.05, 0.1) is 11.3 Å². The molecule has 1 aromatic carbocycles. The van der Waals surface area contributed by atoms with E-state index in [0.717, 1.165) is 19.5 Å². The Morgan fingerprint density at radius 2 is 1.83 bits per heavy atom. The minimum atomic E-state index is -0.161. The summed E-state index contributed by atoms with van der Waals surface area (Å²) in [6.45, 7) is 8.52. The van der Waals surface area contributed by atoms with Crippen molar-refractivity contribution in [1.82, 2.24) is 19.7 Å². The van der Waals surface area contributed by atoms with Crippen LogP contribution in [0.5, 0.6) is 0 Å². The molecule has 0 spiro atoms. The summed E-state index contributed by atoms with van der Waals surface area (Å²) in [7, 11) is 3.39. The monoisotopic (exact) mass is 408 g/mol. The number of aromatic nitrogens is 1. The Labute approximate surface area is 179 Å². The maximum atomic E-state index is 13.3. The first kappa shape index (κ1) is 22.0. The SMILES string of the molecule is CCN(C(=O)c1ccc(C(=O)N(C)C)nc1C)C1CCN(C(C)c2ccccc2)C1. The maximum Gasteiger partial charge on any atom is 0.271 e. The molecule has 1 aliphatic rings. The van der Waals surface area contributed by atoms with Crippen molar-refractivity contribution >= 4 is 11.8 Å². The predicted molar refractivity (Wildman–Crippen MR) is 119 cm³/mol. The van der Waals surface area contributed by atoms with Crippen molar-refractivity contribution in [2.45, 2.75) is 39.3 Å². The zero-order valence-corrected chi connectivity index (χ0v) is 18.6. The van der Waals surface area contributed by atoms with Gasteiger partial charge in [0, 0.05) is 45.8 Å². The van der Waals surface area contributed by atoms with E-state index in [1.165, 1.54) is 10.5 Å². The highest BCUT2D eigenvalue weighted by Crippen LogP contribution is 2.27. The number of rotatable bonds is 6. The average Bonchev–Trinajstić information content (AvgIpc) is 3.23. The molecule has 2 unspecified atom stereocenters. The van der Waals surface area contributed by atoms with Crippen LogP contribution in [0.1, 0.15) is 58.4 Å². The molecule has 0 bridgehead atoms. The fourth-order valence-corrected chi connectivity index (χ4v) is 4.17. The first-order valence-corrected chi connectivity index (χ1v) is 10.6. The molecule has 6 nitrogen and oxygen atoms in total. The number of benzene rings is 1. The van der Waals surface area contributed by atoms with Crippen molar-refractivity contribution in [3.05, 3.63) is 65.0 Å². The second-order valence-electron chi connectivity index (χ2n) is 8.14. The molecule has 2 heterocycles. The standard InChI is InChI=1S/C24H32N4O2/c1-6-28(20-14-15-27(16-20)18(3)19-10-8-7-9-11-19)23(29)21-12-13-22(25-17(21)2)24(30)26(4)5/h7-13,18,20H,6,14-16H2,1-5H3. The Hall–Kier alpha value is -2.73. The second-order valence-corrected chi connectivity index (χ2v) is 8.14. The van der Waals surface area contributed by atoms with Gasteiger partial charge < -0.3 is 9.80 Å². The normalized spacial score (nSPS) is 17.6. The van der Waals surface area contributed by atoms with Gasteiger partial charge in [0.1, 0.15) is 5.69 Å². The fourth-order valence-electron chi connectivity index (χ4n) is 4.17. The second kappa shape index (κ2) is 9.39. The number of likely N-dealkylation sites (N-methyl/N-ethyl adjacent to an activating group) is 1. The minimum Gasteiger partial charge on any atom is -0.343 e. The van der Waals surface area contributed by atoms with E-state index in [2.05, 4.69) is 41.1 Å². The zero-order valence-electron chi connectivity index (χ0n) is 18.6. The molecule has 30 heavy (non-hydrogen) atoms. The van der Waals surface area contributed by atoms with Gasteiger partial charge in [-0.15, -0.1) is 0 Å². The van der Waals surface area contributed by atoms with Crippen molar-refractivity contribution < 1.29 is 9.59 Å². The Balaban J connectivity index is 1.73. The average molecular weight is 409 g/mol. The molecule has 0 N–H and O–H groups in total. The van der Waals surface area contributed by atoms with Crippen LogP contribution in [0, 0.1) is 6.92 Å². The Morgan fingerprint density at radius 1 is 1.13 bits per heavy atom. The fraction of sp³-hybridized carbons (Fsp3) is 0.458. The topological polar surface area (TPSA) is 56.8 Å². The Bertz CT molecular complexity index is 897. The van der Waals surface area contributed by atoms with Crippen LogP contribution in [-0.2, 0) is 0 Å². The number of hydrogen-bond donors (Lipinski definition) is 0. The molecule has 0 aliphatic carbocycles. The Kier molecular flexibility index (Phi) is 6.87. The smallest absolute Gasteiger partial charge is 0.271 e. The van der Waals surface area contributed by atoms with Gasteiger partial charge in [-0.2, -0.15) is 0 Å². The molecule has 0 radical (unpaired) electrons. The van der Waals surface area contributed by atoms with E-state index in [-0.39, 0.29) is 17.9 Å². The van der Waals surface area contributed by atoms with Gasteiger partial charge in [-0.05, 0) is 44.9 Å². The van der Waals surface area contributed by atoms with Crippen molar-refractivity contribution in [1.29, 1.82) is 0 Å². The molecule has 6 heteroatoms. The number of hydrogen-bond acceptors (Lipinski definition) is 4. The number of carbonyl (C=O) groups is 2. The maximum absolute atomic E-state index is 13.3. The van der Waals surface area contributed by atoms with Gasteiger partial charge in [-0.1, -0.05) is 30.3 Å². The summed E-state index contributed by atoms with van der Waals surface area (Å²) in [4.78, 5) is 35.8. The van der Waals surface area contributed by atoms with Crippen LogP contribution in [0.3, 0.4) is 0 Å². The van der Waals surface area contributed by atoms with Crippen LogP contribution in [0.25, 0.3) is 0 Å². The van der Waals surface area contributed by atoms with Crippen molar-refractivity contribution in [3.63, 3.8) is 0 Å². The third-order valence-electron chi connectivity index (χ3n) is 6.01. The summed E-state index contributed by atoms with van der Waals surface area (Å²) >= 11 is 0. The number of carbonyl (C=O) groups excluding carboxylic acids is 2. The molecular weight excluding hydrogens is 376 g/mol. The molecule has 160 valence electrons. The number of nitrogens with zero attached hydrogens (tertiary/aromatic N) is 4. The summed E-state index contributed by atoms with van der Waals surface area (Å²) in [5.74, 6) is -0.170. The van der Waals surface area contributed by atoms with E-state index in [1.807, 2.05) is 17.9 Å². The van der Waals surface area contributed by atoms with Gasteiger partial charge in [-0.25, -0.2) is 4.98 Å². The van der Waals surface area contributed by atoms with Gasteiger partial charge in [0.25, 0.3) is 11.8 Å². The van der Waals surface area contributed by atoms with E-state index >= 15 is 0 Å². The van der Waals surface area contributed by atoms with Gasteiger partial charge >= 0.3 is 0 Å². The molecular formula is C24H32N4O2. The van der Waals surface area contributed by atoms with E-state index in [9.17, 15) is 9.59 Å². The van der Waals surface area contributed by atoms with Gasteiger partial charge in [-0.3, -0.25) is 14.5 Å². The molecule has 1 aromatic heterocycles. The van der Waals surface area contributed by atoms with Crippen LogP contribution in [0.4, 0.5) is 0 Å². The predicted octanol–water partition coefficient (Wildman–Crippen LogP) is 3.39. The Morgan fingerprint density at radius 3 is 2.43 bits per heavy atom. The molecule has 1 aliphatic heterocycles. The number of aryl methyl sites for hydroxylation is 1. The molecule has 2 atom stereocenters. The van der Waals surface area contributed by atoms with Crippen molar-refractivity contribution in [3.8, 4) is 0 Å². The number of likely N-dealkylation sites (tertiary alicyclic amines) is 1. The molecule has 1 saturated heterocycles. The third kappa shape index (κ3) is 4.54. The quantitative estimate of drug-likeness (QED) is 0.735. The summed E-state index contributed by atoms with van der Waals surface area (Å²) in [6, 6.07) is 14.4. The van der Waals surface area contributed by atoms with Crippen molar-refractivity contribution in [2.75, 3.05) is 33.7 Å². The summed E-state index contributed by atoms with van der Waals surface area (Å²) < 4.78 is 0. The summed E-state index contributed by atoms with van der Waals surface area (Å²) in [5.41, 5.74) is 2.83. The minimum absolute atomic E-state index is 0.00873. The third-order valence-corrected chi connectivity index (χ3v) is 6.01. The molecule has 2 amide bonds. The van der Waals surface area contributed by atoms with Crippen LogP contribution < -0.4 is 0 Å². The first-order chi connectivity index (χ1) is 14.3. The highest BCUT2D eigenvalue weighted by atomic mass is 16.2. The summed E-state index contributed by atoms with van der Waals surface area (Å²) in [5, 5.41) is 0. The van der Waals surface area contributed by atoms with Gasteiger partial charge in [0.2, 0.25) is 0 Å². The highest BCUT2D eigenvalue weighted by molar-refractivity contribution is 5.97. The van der Waals surface area contributed by atoms with E-state index in [1.54, 1.807) is 33.2 Å². The van der Waals surface area contributed by atoms with Crippen LogP contribution in [0.15, 0.2) is 42.5 Å². The molecule has 1 fully saturated rings. The number of pyridine rings is 1. The molecule has 2 aromatic rings. The molecule has 0 saturated carbocycles. The lowest BCUT2D eigenvalue weighted by Gasteiger charge is -2.30. The van der Waals surface area contributed by atoms with Gasteiger partial charge in [0.15, 0.2) is 0 Å². The molecule has 3 rings (SSSR count). The van der Waals surface area contributed by atoms with E-state index in [0.29, 0.717) is 29.5 Å². The largest absolute Gasteiger partial charge is 0.343 e. The van der Waals surface area contributed by atoms with Crippen LogP contribution >= 0.6 is 0 Å². The zero-order chi connectivity index (χ0) is 21.8. The first-order valence-electron chi connectivity index (χ1n) is 10.6. The lowest BCUT2D eigenvalue weighted by atomic mass is 10.1. The van der Waals surface area contributed by atoms with Crippen LogP contribution in [-0.4, -0.2) is 71.3 Å². The van der Waals surface area contributed by atoms with E-state index in [4.69, 9.17) is 0 Å². The summed E-state index contributed by atoms with van der Waals surface area (Å²) in [6.07, 6.45) is 0.959. The highest BCUT2D eigenvalue weighted by Gasteiger charge is 2.33. The lowest BCUT2D eigenvalue weighted by Crippen LogP contribution is -2.42.